The summed E-state index contributed by atoms with van der Waals surface area (Å²) in [7, 11) is 0. The first kappa shape index (κ1) is 10.3. The van der Waals surface area contributed by atoms with E-state index in [0.717, 1.165) is 12.8 Å². The maximum atomic E-state index is 10.7. The number of hydrogen-bond donors (Lipinski definition) is 1. The van der Waals surface area contributed by atoms with E-state index in [1.165, 1.54) is 6.92 Å². The minimum Gasteiger partial charge on any atom is -0.385 e. The Labute approximate surface area is 66.4 Å². The lowest BCUT2D eigenvalue weighted by Crippen LogP contribution is -2.26. The van der Waals surface area contributed by atoms with Crippen LogP contribution in [0.25, 0.3) is 0 Å². The van der Waals surface area contributed by atoms with Crippen LogP contribution in [0.4, 0.5) is 0 Å². The maximum absolute atomic E-state index is 10.7. The van der Waals surface area contributed by atoms with Crippen LogP contribution in [0, 0.1) is 0 Å². The van der Waals surface area contributed by atoms with Crippen molar-refractivity contribution in [3.63, 3.8) is 0 Å². The molecule has 0 aromatic heterocycles. The van der Waals surface area contributed by atoms with Crippen LogP contribution in [0.15, 0.2) is 0 Å². The van der Waals surface area contributed by atoms with E-state index in [1.54, 1.807) is 0 Å². The highest BCUT2D eigenvalue weighted by Crippen LogP contribution is 2.01. The van der Waals surface area contributed by atoms with Crippen molar-refractivity contribution >= 4 is 11.6 Å². The van der Waals surface area contributed by atoms with Gasteiger partial charge in [-0.1, -0.05) is 19.8 Å². The van der Waals surface area contributed by atoms with E-state index in [1.807, 2.05) is 6.92 Å². The van der Waals surface area contributed by atoms with Crippen LogP contribution in [-0.2, 0) is 9.59 Å². The Kier molecular flexibility index (Phi) is 4.70. The Morgan fingerprint density at radius 1 is 1.45 bits per heavy atom. The summed E-state index contributed by atoms with van der Waals surface area (Å²) in [4.78, 5) is 21.2. The molecule has 1 atom stereocenters. The largest absolute Gasteiger partial charge is 0.385 e. The molecule has 0 aromatic rings. The molecule has 11 heavy (non-hydrogen) atoms. The van der Waals surface area contributed by atoms with E-state index in [-0.39, 0.29) is 0 Å². The van der Waals surface area contributed by atoms with Gasteiger partial charge in [-0.3, -0.25) is 9.59 Å². The van der Waals surface area contributed by atoms with Crippen LogP contribution in [0.2, 0.25) is 0 Å². The van der Waals surface area contributed by atoms with Crippen LogP contribution < -0.4 is 0 Å². The van der Waals surface area contributed by atoms with Gasteiger partial charge in [-0.05, 0) is 6.42 Å². The molecule has 0 spiro atoms. The third kappa shape index (κ3) is 3.88. The van der Waals surface area contributed by atoms with Crippen molar-refractivity contribution in [3.8, 4) is 0 Å². The smallest absolute Gasteiger partial charge is 0.226 e. The number of unbranched alkanes of at least 4 members (excludes halogenated alkanes) is 1. The molecule has 0 bridgehead atoms. The van der Waals surface area contributed by atoms with E-state index >= 15 is 0 Å². The zero-order chi connectivity index (χ0) is 8.85. The molecule has 0 aliphatic heterocycles. The van der Waals surface area contributed by atoms with Crippen LogP contribution in [0.3, 0.4) is 0 Å². The molecule has 1 N–H and O–H groups in total. The molecule has 0 fully saturated rings. The third-order valence-corrected chi connectivity index (χ3v) is 1.48. The average molecular weight is 158 g/mol. The Morgan fingerprint density at radius 3 is 2.36 bits per heavy atom. The lowest BCUT2D eigenvalue weighted by Gasteiger charge is -2.04. The molecule has 0 saturated heterocycles. The van der Waals surface area contributed by atoms with Crippen molar-refractivity contribution in [2.24, 2.45) is 0 Å². The van der Waals surface area contributed by atoms with E-state index in [9.17, 15) is 9.59 Å². The second-order valence-corrected chi connectivity index (χ2v) is 2.58. The molecule has 0 rings (SSSR count). The highest BCUT2D eigenvalue weighted by atomic mass is 16.3. The van der Waals surface area contributed by atoms with Crippen molar-refractivity contribution in [2.45, 2.75) is 39.2 Å². The zero-order valence-corrected chi connectivity index (χ0v) is 6.96. The molecule has 3 nitrogen and oxygen atoms in total. The second kappa shape index (κ2) is 5.02. The van der Waals surface area contributed by atoms with Crippen LogP contribution in [0.1, 0.15) is 33.1 Å². The number of ketones is 2. The van der Waals surface area contributed by atoms with Gasteiger partial charge in [-0.25, -0.2) is 0 Å². The molecule has 0 aliphatic carbocycles. The van der Waals surface area contributed by atoms with E-state index < -0.39 is 17.7 Å². The fraction of sp³-hybridized carbons (Fsp3) is 0.750. The summed E-state index contributed by atoms with van der Waals surface area (Å²) in [6, 6.07) is 0. The first-order chi connectivity index (χ1) is 5.09. The standard InChI is InChI=1S/C8H14O3/c1-3-4-5-7(10)8(11)6(2)9/h7,10H,3-5H2,1-2H3. The number of carbonyl (C=O) groups excluding carboxylic acids is 2. The predicted molar refractivity (Wildman–Crippen MR) is 41.2 cm³/mol. The zero-order valence-electron chi connectivity index (χ0n) is 6.96. The number of aliphatic hydroxyl groups excluding tert-OH is 1. The lowest BCUT2D eigenvalue weighted by atomic mass is 10.1. The lowest BCUT2D eigenvalue weighted by molar-refractivity contribution is -0.140. The summed E-state index contributed by atoms with van der Waals surface area (Å²) < 4.78 is 0. The van der Waals surface area contributed by atoms with Crippen molar-refractivity contribution < 1.29 is 14.7 Å². The fourth-order valence-corrected chi connectivity index (χ4v) is 0.763. The van der Waals surface area contributed by atoms with Gasteiger partial charge in [0.25, 0.3) is 0 Å². The minimum absolute atomic E-state index is 0.398. The van der Waals surface area contributed by atoms with Gasteiger partial charge < -0.3 is 5.11 Å². The molecule has 0 aliphatic rings. The maximum Gasteiger partial charge on any atom is 0.226 e. The summed E-state index contributed by atoms with van der Waals surface area (Å²) in [5.41, 5.74) is 0. The van der Waals surface area contributed by atoms with E-state index in [0.29, 0.717) is 6.42 Å². The van der Waals surface area contributed by atoms with Gasteiger partial charge in [0.1, 0.15) is 6.10 Å². The molecule has 0 aromatic carbocycles. The molecule has 0 heterocycles. The van der Waals surface area contributed by atoms with Crippen molar-refractivity contribution in [3.05, 3.63) is 0 Å². The van der Waals surface area contributed by atoms with E-state index in [2.05, 4.69) is 0 Å². The minimum atomic E-state index is -1.08. The Balaban J connectivity index is 3.73. The van der Waals surface area contributed by atoms with Gasteiger partial charge in [0.2, 0.25) is 5.78 Å². The predicted octanol–water partition coefficient (Wildman–Crippen LogP) is 0.696. The molecular weight excluding hydrogens is 144 g/mol. The van der Waals surface area contributed by atoms with Crippen molar-refractivity contribution in [1.29, 1.82) is 0 Å². The van der Waals surface area contributed by atoms with Gasteiger partial charge in [0.15, 0.2) is 5.78 Å². The first-order valence-corrected chi connectivity index (χ1v) is 3.82. The number of rotatable bonds is 5. The summed E-state index contributed by atoms with van der Waals surface area (Å²) in [5, 5.41) is 9.05. The summed E-state index contributed by atoms with van der Waals surface area (Å²) >= 11 is 0. The summed E-state index contributed by atoms with van der Waals surface area (Å²) in [5.74, 6) is -1.23. The quantitative estimate of drug-likeness (QED) is 0.599. The number of carbonyl (C=O) groups is 2. The van der Waals surface area contributed by atoms with Crippen LogP contribution in [0.5, 0.6) is 0 Å². The van der Waals surface area contributed by atoms with Crippen LogP contribution in [-0.4, -0.2) is 22.8 Å². The topological polar surface area (TPSA) is 54.4 Å². The molecule has 1 unspecified atom stereocenters. The monoisotopic (exact) mass is 158 g/mol. The van der Waals surface area contributed by atoms with Crippen molar-refractivity contribution in [2.75, 3.05) is 0 Å². The van der Waals surface area contributed by atoms with Gasteiger partial charge in [-0.2, -0.15) is 0 Å². The molecule has 3 heteroatoms. The summed E-state index contributed by atoms with van der Waals surface area (Å²) in [6.07, 6.45) is 1.02. The molecule has 0 saturated carbocycles. The SMILES string of the molecule is CCCCC(O)C(=O)C(C)=O. The molecule has 64 valence electrons. The Hall–Kier alpha value is -0.700. The number of hydrogen-bond acceptors (Lipinski definition) is 3. The van der Waals surface area contributed by atoms with Gasteiger partial charge in [0, 0.05) is 6.92 Å². The van der Waals surface area contributed by atoms with Gasteiger partial charge in [-0.15, -0.1) is 0 Å². The van der Waals surface area contributed by atoms with E-state index in [4.69, 9.17) is 5.11 Å². The highest BCUT2D eigenvalue weighted by molar-refractivity contribution is 6.37. The highest BCUT2D eigenvalue weighted by Gasteiger charge is 2.17. The van der Waals surface area contributed by atoms with Gasteiger partial charge >= 0.3 is 0 Å². The first-order valence-electron chi connectivity index (χ1n) is 3.82. The molecular formula is C8H14O3. The normalized spacial score (nSPS) is 12.6. The van der Waals surface area contributed by atoms with Crippen LogP contribution >= 0.6 is 0 Å². The summed E-state index contributed by atoms with van der Waals surface area (Å²) in [6.45, 7) is 3.14. The molecule has 0 amide bonds. The Bertz CT molecular complexity index is 151. The number of aliphatic hydroxyl groups is 1. The molecule has 0 radical (unpaired) electrons. The second-order valence-electron chi connectivity index (χ2n) is 2.58. The third-order valence-electron chi connectivity index (χ3n) is 1.48. The van der Waals surface area contributed by atoms with Crippen molar-refractivity contribution in [1.82, 2.24) is 0 Å². The average Bonchev–Trinajstić information content (AvgIpc) is 1.98. The Morgan fingerprint density at radius 2 is 2.00 bits per heavy atom. The van der Waals surface area contributed by atoms with Gasteiger partial charge in [0.05, 0.1) is 0 Å². The number of Topliss-reactive ketones (excluding diaryl/α,β-unsaturated/α-hetero) is 2. The fourth-order valence-electron chi connectivity index (χ4n) is 0.763.